The van der Waals surface area contributed by atoms with Crippen LogP contribution in [0.25, 0.3) is 16.8 Å². The molecule has 0 bridgehead atoms. The molecule has 0 unspecified atom stereocenters. The fourth-order valence-electron chi connectivity index (χ4n) is 3.94. The molecular formula is C22H23ClN8O3. The largest absolute Gasteiger partial charge is 0.367 e. The van der Waals surface area contributed by atoms with Gasteiger partial charge in [-0.2, -0.15) is 14.7 Å². The number of aromatic nitrogens is 6. The molecule has 5 rings (SSSR count). The predicted molar refractivity (Wildman–Crippen MR) is 126 cm³/mol. The Morgan fingerprint density at radius 1 is 1.06 bits per heavy atom. The van der Waals surface area contributed by atoms with Gasteiger partial charge >= 0.3 is 5.69 Å². The maximum Gasteiger partial charge on any atom is 0.367 e. The molecule has 1 saturated heterocycles. The van der Waals surface area contributed by atoms with Crippen molar-refractivity contribution in [2.45, 2.75) is 6.54 Å². The second-order valence-electron chi connectivity index (χ2n) is 7.74. The van der Waals surface area contributed by atoms with Crippen LogP contribution in [-0.4, -0.2) is 74.5 Å². The molecule has 11 nitrogen and oxygen atoms in total. The molecule has 1 aromatic carbocycles. The number of methoxy groups -OCH3 is 1. The molecule has 176 valence electrons. The number of rotatable bonds is 7. The lowest BCUT2D eigenvalue weighted by Crippen LogP contribution is -2.46. The van der Waals surface area contributed by atoms with Crippen LogP contribution in [-0.2, 0) is 16.1 Å². The third-order valence-corrected chi connectivity index (χ3v) is 5.83. The number of fused-ring (bicyclic) bond motifs is 1. The van der Waals surface area contributed by atoms with Gasteiger partial charge in [-0.05, 0) is 17.7 Å². The molecule has 4 heterocycles. The highest BCUT2D eigenvalue weighted by Gasteiger charge is 2.25. The van der Waals surface area contributed by atoms with Crippen LogP contribution in [0.3, 0.4) is 0 Å². The van der Waals surface area contributed by atoms with E-state index < -0.39 is 0 Å². The van der Waals surface area contributed by atoms with Crippen molar-refractivity contribution in [2.24, 2.45) is 0 Å². The molecule has 0 N–H and O–H groups in total. The van der Waals surface area contributed by atoms with Crippen molar-refractivity contribution in [1.29, 1.82) is 0 Å². The van der Waals surface area contributed by atoms with E-state index in [9.17, 15) is 4.79 Å². The minimum atomic E-state index is -0.341. The lowest BCUT2D eigenvalue weighted by molar-refractivity contribution is -0.219. The zero-order valence-corrected chi connectivity index (χ0v) is 19.3. The molecule has 12 heteroatoms. The average molecular weight is 483 g/mol. The quantitative estimate of drug-likeness (QED) is 0.364. The van der Waals surface area contributed by atoms with Gasteiger partial charge < -0.3 is 9.64 Å². The summed E-state index contributed by atoms with van der Waals surface area (Å²) >= 11 is 6.11. The van der Waals surface area contributed by atoms with Crippen molar-refractivity contribution >= 4 is 22.9 Å². The lowest BCUT2D eigenvalue weighted by atomic mass is 10.1. The SMILES string of the molecule is COCON1CCN(c2c(-c3ccc(Cl)cc3)cnn3c(=O)n(Cc4cnccn4)nc23)CC1. The van der Waals surface area contributed by atoms with Crippen LogP contribution in [0, 0.1) is 0 Å². The van der Waals surface area contributed by atoms with Crippen LogP contribution in [0.15, 0.2) is 53.8 Å². The smallest absolute Gasteiger partial charge is 0.365 e. The third-order valence-electron chi connectivity index (χ3n) is 5.58. The van der Waals surface area contributed by atoms with Gasteiger partial charge in [-0.25, -0.2) is 9.48 Å². The van der Waals surface area contributed by atoms with Crippen molar-refractivity contribution in [2.75, 3.05) is 45.0 Å². The maximum absolute atomic E-state index is 13.1. The molecule has 0 radical (unpaired) electrons. The molecule has 0 saturated carbocycles. The van der Waals surface area contributed by atoms with Gasteiger partial charge in [0.25, 0.3) is 0 Å². The first kappa shape index (κ1) is 22.4. The highest BCUT2D eigenvalue weighted by Crippen LogP contribution is 2.34. The van der Waals surface area contributed by atoms with E-state index in [4.69, 9.17) is 21.2 Å². The Morgan fingerprint density at radius 2 is 1.85 bits per heavy atom. The predicted octanol–water partition coefficient (Wildman–Crippen LogP) is 1.71. The molecule has 34 heavy (non-hydrogen) atoms. The molecule has 4 aromatic rings. The van der Waals surface area contributed by atoms with Crippen molar-refractivity contribution < 1.29 is 9.57 Å². The second kappa shape index (κ2) is 9.85. The van der Waals surface area contributed by atoms with E-state index in [0.717, 1.165) is 16.8 Å². The highest BCUT2D eigenvalue weighted by molar-refractivity contribution is 6.30. The van der Waals surface area contributed by atoms with Crippen molar-refractivity contribution in [3.05, 3.63) is 70.3 Å². The number of ether oxygens (including phenoxy) is 1. The van der Waals surface area contributed by atoms with E-state index in [1.165, 1.54) is 9.20 Å². The van der Waals surface area contributed by atoms with Crippen LogP contribution in [0.5, 0.6) is 0 Å². The standard InChI is InChI=1S/C22H23ClN8O3/c1-33-15-34-29-10-8-28(9-11-29)20-19(16-2-4-17(23)5-3-16)13-26-31-21(20)27-30(22(31)32)14-18-12-24-6-7-25-18/h2-7,12-13H,8-11,14-15H2,1H3. The third kappa shape index (κ3) is 4.50. The molecule has 1 aliphatic heterocycles. The summed E-state index contributed by atoms with van der Waals surface area (Å²) in [5.74, 6) is 0. The number of hydrogen-bond donors (Lipinski definition) is 0. The van der Waals surface area contributed by atoms with Crippen LogP contribution < -0.4 is 10.6 Å². The summed E-state index contributed by atoms with van der Waals surface area (Å²) in [4.78, 5) is 29.2. The summed E-state index contributed by atoms with van der Waals surface area (Å²) in [6.07, 6.45) is 6.49. The summed E-state index contributed by atoms with van der Waals surface area (Å²) in [6, 6.07) is 7.54. The fourth-order valence-corrected chi connectivity index (χ4v) is 4.06. The number of hydroxylamine groups is 2. The molecule has 0 atom stereocenters. The maximum atomic E-state index is 13.1. The van der Waals surface area contributed by atoms with E-state index in [1.54, 1.807) is 31.9 Å². The Hall–Kier alpha value is -3.38. The first-order chi connectivity index (χ1) is 16.6. The van der Waals surface area contributed by atoms with Gasteiger partial charge in [-0.1, -0.05) is 23.7 Å². The topological polar surface area (TPSA) is 103 Å². The Kier molecular flexibility index (Phi) is 6.50. The van der Waals surface area contributed by atoms with E-state index in [0.29, 0.717) is 42.5 Å². The van der Waals surface area contributed by atoms with Crippen LogP contribution >= 0.6 is 11.6 Å². The Balaban J connectivity index is 1.57. The number of hydrogen-bond acceptors (Lipinski definition) is 9. The van der Waals surface area contributed by atoms with Crippen LogP contribution in [0.4, 0.5) is 5.69 Å². The van der Waals surface area contributed by atoms with Crippen LogP contribution in [0.2, 0.25) is 5.02 Å². The summed E-state index contributed by atoms with van der Waals surface area (Å²) in [5.41, 5.74) is 3.41. The summed E-state index contributed by atoms with van der Waals surface area (Å²) in [7, 11) is 1.59. The first-order valence-electron chi connectivity index (χ1n) is 10.8. The van der Waals surface area contributed by atoms with Gasteiger partial charge in [0.1, 0.15) is 0 Å². The molecule has 3 aromatic heterocycles. The summed E-state index contributed by atoms with van der Waals surface area (Å²) in [6.45, 7) is 3.09. The number of piperazine rings is 1. The van der Waals surface area contributed by atoms with Gasteiger partial charge in [-0.15, -0.1) is 5.10 Å². The molecule has 1 aliphatic rings. The average Bonchev–Trinajstić information content (AvgIpc) is 3.18. The molecular weight excluding hydrogens is 460 g/mol. The van der Waals surface area contributed by atoms with E-state index in [-0.39, 0.29) is 19.0 Å². The molecule has 0 spiro atoms. The minimum Gasteiger partial charge on any atom is -0.365 e. The first-order valence-corrected chi connectivity index (χ1v) is 11.1. The van der Waals surface area contributed by atoms with Gasteiger partial charge in [-0.3, -0.25) is 14.8 Å². The van der Waals surface area contributed by atoms with Crippen molar-refractivity contribution in [1.82, 2.24) is 34.4 Å². The fraction of sp³-hybridized carbons (Fsp3) is 0.318. The Bertz CT molecular complexity index is 1320. The Labute approximate surface area is 200 Å². The van der Waals surface area contributed by atoms with Gasteiger partial charge in [0, 0.05) is 56.3 Å². The normalized spacial score (nSPS) is 14.7. The molecule has 0 aliphatic carbocycles. The van der Waals surface area contributed by atoms with Gasteiger partial charge in [0.15, 0.2) is 6.79 Å². The van der Waals surface area contributed by atoms with Gasteiger partial charge in [0.2, 0.25) is 5.65 Å². The number of anilines is 1. The van der Waals surface area contributed by atoms with Gasteiger partial charge in [0.05, 0.1) is 30.3 Å². The number of halogens is 1. The van der Waals surface area contributed by atoms with Crippen molar-refractivity contribution in [3.8, 4) is 11.1 Å². The molecule has 0 amide bonds. The zero-order chi connectivity index (χ0) is 23.5. The van der Waals surface area contributed by atoms with E-state index in [1.807, 2.05) is 29.3 Å². The second-order valence-corrected chi connectivity index (χ2v) is 8.17. The van der Waals surface area contributed by atoms with Crippen molar-refractivity contribution in [3.63, 3.8) is 0 Å². The van der Waals surface area contributed by atoms with E-state index in [2.05, 4.69) is 25.1 Å². The highest BCUT2D eigenvalue weighted by atomic mass is 35.5. The number of nitrogens with zero attached hydrogens (tertiary/aromatic N) is 8. The number of benzene rings is 1. The monoisotopic (exact) mass is 482 g/mol. The van der Waals surface area contributed by atoms with E-state index >= 15 is 0 Å². The minimum absolute atomic E-state index is 0.199. The zero-order valence-electron chi connectivity index (χ0n) is 18.5. The molecule has 1 fully saturated rings. The Morgan fingerprint density at radius 3 is 2.56 bits per heavy atom. The summed E-state index contributed by atoms with van der Waals surface area (Å²) < 4.78 is 7.70. The summed E-state index contributed by atoms with van der Waals surface area (Å²) in [5, 5.41) is 11.6. The lowest BCUT2D eigenvalue weighted by Gasteiger charge is -2.35. The van der Waals surface area contributed by atoms with Crippen LogP contribution in [0.1, 0.15) is 5.69 Å².